The van der Waals surface area contributed by atoms with Crippen LogP contribution in [0.1, 0.15) is 44.1 Å². The van der Waals surface area contributed by atoms with Crippen molar-refractivity contribution in [3.8, 4) is 0 Å². The van der Waals surface area contributed by atoms with E-state index in [4.69, 9.17) is 10.5 Å². The number of carbonyl (C=O) groups is 1. The van der Waals surface area contributed by atoms with E-state index in [1.54, 1.807) is 16.2 Å². The summed E-state index contributed by atoms with van der Waals surface area (Å²) in [6.45, 7) is 9.05. The number of rotatable bonds is 1. The van der Waals surface area contributed by atoms with Crippen molar-refractivity contribution in [2.75, 3.05) is 13.1 Å². The molecule has 5 heteroatoms. The molecule has 1 aromatic heterocycles. The van der Waals surface area contributed by atoms with Gasteiger partial charge in [0.2, 0.25) is 0 Å². The summed E-state index contributed by atoms with van der Waals surface area (Å²) in [4.78, 5) is 15.1. The first-order valence-electron chi connectivity index (χ1n) is 7.02. The van der Waals surface area contributed by atoms with Crippen LogP contribution in [0.25, 0.3) is 0 Å². The molecule has 2 N–H and O–H groups in total. The summed E-state index contributed by atoms with van der Waals surface area (Å²) in [5.41, 5.74) is 6.96. The predicted octanol–water partition coefficient (Wildman–Crippen LogP) is 3.24. The number of nitrogens with zero attached hydrogens (tertiary/aromatic N) is 1. The van der Waals surface area contributed by atoms with Crippen LogP contribution in [-0.2, 0) is 10.3 Å². The Hall–Kier alpha value is -1.07. The molecule has 2 rings (SSSR count). The maximum atomic E-state index is 12.0. The van der Waals surface area contributed by atoms with Gasteiger partial charge in [-0.15, -0.1) is 11.3 Å². The lowest BCUT2D eigenvalue weighted by Gasteiger charge is -2.39. The Morgan fingerprint density at radius 1 is 1.40 bits per heavy atom. The molecule has 4 nitrogen and oxygen atoms in total. The van der Waals surface area contributed by atoms with Gasteiger partial charge in [0.05, 0.1) is 0 Å². The first-order chi connectivity index (χ1) is 9.20. The van der Waals surface area contributed by atoms with Gasteiger partial charge in [-0.1, -0.05) is 0 Å². The lowest BCUT2D eigenvalue weighted by molar-refractivity contribution is 0.0166. The third-order valence-electron chi connectivity index (χ3n) is 3.61. The minimum atomic E-state index is -0.446. The third-order valence-corrected chi connectivity index (χ3v) is 4.47. The van der Waals surface area contributed by atoms with Crippen LogP contribution in [0, 0.1) is 6.92 Å². The second-order valence-electron chi connectivity index (χ2n) is 6.57. The Morgan fingerprint density at radius 2 is 2.00 bits per heavy atom. The highest BCUT2D eigenvalue weighted by Gasteiger charge is 2.35. The standard InChI is InChI=1S/C15H24N2O2S/c1-11-9-12(10-20-11)15(16)5-7-17(8-6-15)13(18)19-14(2,3)4/h9-10H,5-8,16H2,1-4H3. The minimum absolute atomic E-state index is 0.235. The largest absolute Gasteiger partial charge is 0.444 e. The summed E-state index contributed by atoms with van der Waals surface area (Å²) in [7, 11) is 0. The quantitative estimate of drug-likeness (QED) is 0.865. The van der Waals surface area contributed by atoms with Gasteiger partial charge in [0.25, 0.3) is 0 Å². The van der Waals surface area contributed by atoms with Crippen molar-refractivity contribution >= 4 is 17.4 Å². The Labute approximate surface area is 124 Å². The van der Waals surface area contributed by atoms with Crippen LogP contribution in [0.15, 0.2) is 11.4 Å². The van der Waals surface area contributed by atoms with Crippen molar-refractivity contribution in [1.29, 1.82) is 0 Å². The number of carbonyl (C=O) groups excluding carboxylic acids is 1. The summed E-state index contributed by atoms with van der Waals surface area (Å²) in [5, 5.41) is 2.14. The molecule has 1 saturated heterocycles. The lowest BCUT2D eigenvalue weighted by atomic mass is 9.83. The monoisotopic (exact) mass is 296 g/mol. The highest BCUT2D eigenvalue weighted by molar-refractivity contribution is 7.10. The van der Waals surface area contributed by atoms with Gasteiger partial charge in [-0.05, 0) is 57.5 Å². The van der Waals surface area contributed by atoms with E-state index in [9.17, 15) is 4.79 Å². The van der Waals surface area contributed by atoms with Crippen molar-refractivity contribution in [1.82, 2.24) is 4.90 Å². The van der Waals surface area contributed by atoms with Crippen LogP contribution in [0.3, 0.4) is 0 Å². The van der Waals surface area contributed by atoms with Crippen molar-refractivity contribution in [3.05, 3.63) is 21.9 Å². The molecule has 0 atom stereocenters. The number of piperidine rings is 1. The topological polar surface area (TPSA) is 55.6 Å². The summed E-state index contributed by atoms with van der Waals surface area (Å²) in [6, 6.07) is 2.16. The fourth-order valence-electron chi connectivity index (χ4n) is 2.41. The molecule has 1 aliphatic rings. The Kier molecular flexibility index (Phi) is 4.12. The van der Waals surface area contributed by atoms with Gasteiger partial charge in [0.15, 0.2) is 0 Å². The second-order valence-corrected chi connectivity index (χ2v) is 7.68. The Bertz CT molecular complexity index is 482. The van der Waals surface area contributed by atoms with Crippen LogP contribution < -0.4 is 5.73 Å². The zero-order valence-corrected chi connectivity index (χ0v) is 13.5. The van der Waals surface area contributed by atoms with Crippen LogP contribution in [0.5, 0.6) is 0 Å². The van der Waals surface area contributed by atoms with E-state index in [0.29, 0.717) is 13.1 Å². The van der Waals surface area contributed by atoms with Gasteiger partial charge in [-0.2, -0.15) is 0 Å². The van der Waals surface area contributed by atoms with Crippen LogP contribution in [0.2, 0.25) is 0 Å². The van der Waals surface area contributed by atoms with Crippen molar-refractivity contribution in [2.45, 2.75) is 51.7 Å². The molecule has 0 aliphatic carbocycles. The fourth-order valence-corrected chi connectivity index (χ4v) is 3.22. The van der Waals surface area contributed by atoms with Gasteiger partial charge in [0.1, 0.15) is 5.60 Å². The number of likely N-dealkylation sites (tertiary alicyclic amines) is 1. The van der Waals surface area contributed by atoms with Crippen LogP contribution in [-0.4, -0.2) is 29.7 Å². The molecule has 1 aliphatic heterocycles. The molecule has 0 radical (unpaired) electrons. The molecular formula is C15H24N2O2S. The zero-order valence-electron chi connectivity index (χ0n) is 12.7. The fraction of sp³-hybridized carbons (Fsp3) is 0.667. The van der Waals surface area contributed by atoms with Gasteiger partial charge >= 0.3 is 6.09 Å². The van der Waals surface area contributed by atoms with E-state index in [0.717, 1.165) is 12.8 Å². The lowest BCUT2D eigenvalue weighted by Crippen LogP contribution is -2.50. The van der Waals surface area contributed by atoms with E-state index in [-0.39, 0.29) is 11.6 Å². The van der Waals surface area contributed by atoms with Crippen LogP contribution >= 0.6 is 11.3 Å². The van der Waals surface area contributed by atoms with Gasteiger partial charge in [0, 0.05) is 23.5 Å². The highest BCUT2D eigenvalue weighted by Crippen LogP contribution is 2.33. The highest BCUT2D eigenvalue weighted by atomic mass is 32.1. The van der Waals surface area contributed by atoms with Gasteiger partial charge < -0.3 is 15.4 Å². The number of ether oxygens (including phenoxy) is 1. The zero-order chi connectivity index (χ0) is 15.0. The SMILES string of the molecule is Cc1cc(C2(N)CCN(C(=O)OC(C)(C)C)CC2)cs1. The molecular weight excluding hydrogens is 272 g/mol. The molecule has 1 amide bonds. The molecule has 0 bridgehead atoms. The molecule has 112 valence electrons. The first-order valence-corrected chi connectivity index (χ1v) is 7.90. The molecule has 2 heterocycles. The van der Waals surface area contributed by atoms with E-state index < -0.39 is 5.60 Å². The Morgan fingerprint density at radius 3 is 2.45 bits per heavy atom. The maximum Gasteiger partial charge on any atom is 0.410 e. The first kappa shape index (κ1) is 15.3. The summed E-state index contributed by atoms with van der Waals surface area (Å²) < 4.78 is 5.40. The molecule has 1 aromatic rings. The summed E-state index contributed by atoms with van der Waals surface area (Å²) in [6.07, 6.45) is 1.33. The number of hydrogen-bond acceptors (Lipinski definition) is 4. The van der Waals surface area contributed by atoms with Crippen molar-refractivity contribution < 1.29 is 9.53 Å². The number of thiophene rings is 1. The van der Waals surface area contributed by atoms with E-state index in [2.05, 4.69) is 18.4 Å². The van der Waals surface area contributed by atoms with Gasteiger partial charge in [-0.3, -0.25) is 0 Å². The Balaban J connectivity index is 1.97. The molecule has 0 unspecified atom stereocenters. The van der Waals surface area contributed by atoms with E-state index in [1.807, 2.05) is 20.8 Å². The smallest absolute Gasteiger partial charge is 0.410 e. The third kappa shape index (κ3) is 3.52. The molecule has 20 heavy (non-hydrogen) atoms. The van der Waals surface area contributed by atoms with E-state index >= 15 is 0 Å². The summed E-state index contributed by atoms with van der Waals surface area (Å²) >= 11 is 1.73. The number of aryl methyl sites for hydroxylation is 1. The van der Waals surface area contributed by atoms with Crippen molar-refractivity contribution in [2.24, 2.45) is 5.73 Å². The van der Waals surface area contributed by atoms with Crippen LogP contribution in [0.4, 0.5) is 4.79 Å². The molecule has 0 aromatic carbocycles. The van der Waals surface area contributed by atoms with Crippen molar-refractivity contribution in [3.63, 3.8) is 0 Å². The number of hydrogen-bond donors (Lipinski definition) is 1. The average Bonchev–Trinajstić information content (AvgIpc) is 2.75. The summed E-state index contributed by atoms with van der Waals surface area (Å²) in [5.74, 6) is 0. The molecule has 0 saturated carbocycles. The molecule has 0 spiro atoms. The minimum Gasteiger partial charge on any atom is -0.444 e. The molecule has 1 fully saturated rings. The number of nitrogens with two attached hydrogens (primary N) is 1. The normalized spacial score (nSPS) is 18.9. The predicted molar refractivity (Wildman–Crippen MR) is 82.0 cm³/mol. The number of amides is 1. The maximum absolute atomic E-state index is 12.0. The second kappa shape index (κ2) is 5.37. The van der Waals surface area contributed by atoms with E-state index in [1.165, 1.54) is 10.4 Å². The van der Waals surface area contributed by atoms with Gasteiger partial charge in [-0.25, -0.2) is 4.79 Å². The average molecular weight is 296 g/mol.